The fraction of sp³-hybridized carbons (Fsp3) is 0.913. The van der Waals surface area contributed by atoms with Crippen molar-refractivity contribution in [3.63, 3.8) is 0 Å². The molecule has 182 valence electrons. The Kier molecular flexibility index (Phi) is 12.6. The first-order chi connectivity index (χ1) is 14.6. The summed E-state index contributed by atoms with van der Waals surface area (Å²) in [4.78, 5) is 29.2. The number of carbonyl (C=O) groups is 2. The minimum atomic E-state index is -1.18. The Bertz CT molecular complexity index is 542. The molecule has 0 aromatic heterocycles. The van der Waals surface area contributed by atoms with Crippen molar-refractivity contribution in [2.24, 2.45) is 11.8 Å². The minimum Gasteiger partial charge on any atom is -0.388 e. The van der Waals surface area contributed by atoms with Gasteiger partial charge >= 0.3 is 0 Å². The average Bonchev–Trinajstić information content (AvgIpc) is 2.67. The van der Waals surface area contributed by atoms with Gasteiger partial charge in [-0.2, -0.15) is 0 Å². The number of rotatable bonds is 5. The lowest BCUT2D eigenvalue weighted by atomic mass is 9.99. The van der Waals surface area contributed by atoms with E-state index in [-0.39, 0.29) is 36.9 Å². The predicted molar refractivity (Wildman–Crippen MR) is 120 cm³/mol. The Morgan fingerprint density at radius 2 is 1.77 bits per heavy atom. The van der Waals surface area contributed by atoms with Crippen LogP contribution in [-0.4, -0.2) is 96.1 Å². The molecule has 8 heteroatoms. The van der Waals surface area contributed by atoms with Crippen molar-refractivity contribution < 1.29 is 29.3 Å². The van der Waals surface area contributed by atoms with Crippen molar-refractivity contribution in [2.75, 3.05) is 40.0 Å². The molecule has 4 atom stereocenters. The van der Waals surface area contributed by atoms with E-state index in [1.807, 2.05) is 18.7 Å². The maximum atomic E-state index is 13.1. The van der Waals surface area contributed by atoms with Gasteiger partial charge in [0.25, 0.3) is 0 Å². The van der Waals surface area contributed by atoms with Gasteiger partial charge in [-0.3, -0.25) is 9.59 Å². The number of nitrogens with zero attached hydrogens (tertiary/aromatic N) is 2. The van der Waals surface area contributed by atoms with Crippen molar-refractivity contribution >= 4 is 11.8 Å². The zero-order valence-electron chi connectivity index (χ0n) is 20.2. The molecule has 0 aromatic carbocycles. The summed E-state index contributed by atoms with van der Waals surface area (Å²) in [5.41, 5.74) is 0. The SMILES string of the molecule is CO[C@@H]1CN(C(C)=O)C[C@H](CC(C)C)N(C(=O)CC(C)C)CCCCOC[C@@H](O)[C@H]1O. The maximum absolute atomic E-state index is 13.1. The van der Waals surface area contributed by atoms with Crippen LogP contribution in [0.15, 0.2) is 0 Å². The molecule has 1 aliphatic rings. The van der Waals surface area contributed by atoms with Gasteiger partial charge in [0.05, 0.1) is 6.61 Å². The second-order valence-corrected chi connectivity index (χ2v) is 9.51. The van der Waals surface area contributed by atoms with E-state index < -0.39 is 18.3 Å². The van der Waals surface area contributed by atoms with Crippen molar-refractivity contribution in [3.8, 4) is 0 Å². The van der Waals surface area contributed by atoms with E-state index in [0.717, 1.165) is 19.3 Å². The van der Waals surface area contributed by atoms with E-state index in [1.54, 1.807) is 4.90 Å². The summed E-state index contributed by atoms with van der Waals surface area (Å²) in [6.45, 7) is 11.3. The Hall–Kier alpha value is -1.22. The van der Waals surface area contributed by atoms with Crippen LogP contribution in [0.2, 0.25) is 0 Å². The van der Waals surface area contributed by atoms with Crippen LogP contribution in [0.3, 0.4) is 0 Å². The third-order valence-corrected chi connectivity index (χ3v) is 5.67. The lowest BCUT2D eigenvalue weighted by molar-refractivity contribution is -0.142. The number of methoxy groups -OCH3 is 1. The molecule has 1 saturated heterocycles. The highest BCUT2D eigenvalue weighted by atomic mass is 16.5. The fourth-order valence-electron chi connectivity index (χ4n) is 3.98. The van der Waals surface area contributed by atoms with Gasteiger partial charge < -0.3 is 29.5 Å². The molecule has 0 spiro atoms. The summed E-state index contributed by atoms with van der Waals surface area (Å²) in [5.74, 6) is 0.552. The highest BCUT2D eigenvalue weighted by Gasteiger charge is 2.32. The molecular weight excluding hydrogens is 400 g/mol. The van der Waals surface area contributed by atoms with E-state index in [0.29, 0.717) is 32.0 Å². The second-order valence-electron chi connectivity index (χ2n) is 9.51. The third kappa shape index (κ3) is 9.85. The largest absolute Gasteiger partial charge is 0.388 e. The highest BCUT2D eigenvalue weighted by Crippen LogP contribution is 2.19. The fourth-order valence-corrected chi connectivity index (χ4v) is 3.98. The Balaban J connectivity index is 3.22. The van der Waals surface area contributed by atoms with Crippen molar-refractivity contribution in [1.29, 1.82) is 0 Å². The van der Waals surface area contributed by atoms with Crippen LogP contribution in [0.5, 0.6) is 0 Å². The first kappa shape index (κ1) is 27.8. The van der Waals surface area contributed by atoms with Gasteiger partial charge in [0.1, 0.15) is 18.3 Å². The maximum Gasteiger partial charge on any atom is 0.223 e. The molecular formula is C23H44N2O6. The molecule has 2 N–H and O–H groups in total. The molecule has 0 radical (unpaired) electrons. The number of aliphatic hydroxyl groups is 2. The van der Waals surface area contributed by atoms with E-state index in [9.17, 15) is 19.8 Å². The zero-order valence-corrected chi connectivity index (χ0v) is 20.2. The number of amides is 2. The Labute approximate surface area is 187 Å². The van der Waals surface area contributed by atoms with Crippen LogP contribution in [0.4, 0.5) is 0 Å². The van der Waals surface area contributed by atoms with Crippen LogP contribution < -0.4 is 0 Å². The quantitative estimate of drug-likeness (QED) is 0.669. The van der Waals surface area contributed by atoms with Crippen molar-refractivity contribution in [3.05, 3.63) is 0 Å². The van der Waals surface area contributed by atoms with Crippen LogP contribution in [0.25, 0.3) is 0 Å². The molecule has 1 fully saturated rings. The average molecular weight is 445 g/mol. The molecule has 1 rings (SSSR count). The van der Waals surface area contributed by atoms with Gasteiger partial charge in [0, 0.05) is 52.7 Å². The van der Waals surface area contributed by atoms with Gasteiger partial charge in [0.15, 0.2) is 0 Å². The number of carbonyl (C=O) groups excluding carboxylic acids is 2. The van der Waals surface area contributed by atoms with E-state index in [4.69, 9.17) is 9.47 Å². The van der Waals surface area contributed by atoms with Crippen LogP contribution in [-0.2, 0) is 19.1 Å². The lowest BCUT2D eigenvalue weighted by Crippen LogP contribution is -2.53. The van der Waals surface area contributed by atoms with Crippen LogP contribution in [0, 0.1) is 11.8 Å². The summed E-state index contributed by atoms with van der Waals surface area (Å²) in [7, 11) is 1.45. The lowest BCUT2D eigenvalue weighted by Gasteiger charge is -2.38. The molecule has 0 saturated carbocycles. The summed E-state index contributed by atoms with van der Waals surface area (Å²) in [6, 6.07) is -0.126. The number of aliphatic hydroxyl groups excluding tert-OH is 2. The van der Waals surface area contributed by atoms with Gasteiger partial charge in [-0.25, -0.2) is 0 Å². The minimum absolute atomic E-state index is 0.00688. The normalized spacial score (nSPS) is 27.4. The van der Waals surface area contributed by atoms with E-state index >= 15 is 0 Å². The summed E-state index contributed by atoms with van der Waals surface area (Å²) in [6.07, 6.45) is -0.284. The molecule has 1 aliphatic heterocycles. The predicted octanol–water partition coefficient (Wildman–Crippen LogP) is 1.67. The molecule has 0 aliphatic carbocycles. The van der Waals surface area contributed by atoms with Gasteiger partial charge in [-0.1, -0.05) is 27.7 Å². The number of hydrogen-bond acceptors (Lipinski definition) is 6. The molecule has 2 amide bonds. The standard InChI is InChI=1S/C23H44N2O6/c1-16(2)11-19-13-24(18(5)26)14-21(30-6)23(29)20(27)15-31-10-8-7-9-25(19)22(28)12-17(3)4/h16-17,19-21,23,27,29H,7-15H2,1-6H3/t19-,20+,21+,23+/m0/s1. The highest BCUT2D eigenvalue weighted by molar-refractivity contribution is 5.77. The Morgan fingerprint density at radius 1 is 1.10 bits per heavy atom. The smallest absolute Gasteiger partial charge is 0.223 e. The molecule has 0 aromatic rings. The summed E-state index contributed by atoms with van der Waals surface area (Å²) < 4.78 is 10.9. The van der Waals surface area contributed by atoms with Gasteiger partial charge in [-0.15, -0.1) is 0 Å². The molecule has 31 heavy (non-hydrogen) atoms. The first-order valence-corrected chi connectivity index (χ1v) is 11.6. The molecule has 1 heterocycles. The summed E-state index contributed by atoms with van der Waals surface area (Å²) >= 11 is 0. The first-order valence-electron chi connectivity index (χ1n) is 11.6. The molecule has 8 nitrogen and oxygen atoms in total. The Morgan fingerprint density at radius 3 is 2.32 bits per heavy atom. The number of ether oxygens (including phenoxy) is 2. The zero-order chi connectivity index (χ0) is 23.6. The molecule has 0 unspecified atom stereocenters. The van der Waals surface area contributed by atoms with Gasteiger partial charge in [0.2, 0.25) is 11.8 Å². The van der Waals surface area contributed by atoms with Gasteiger partial charge in [-0.05, 0) is 31.1 Å². The third-order valence-electron chi connectivity index (χ3n) is 5.67. The molecule has 0 bridgehead atoms. The summed E-state index contributed by atoms with van der Waals surface area (Å²) in [5, 5.41) is 20.8. The van der Waals surface area contributed by atoms with Crippen LogP contribution in [0.1, 0.15) is 60.3 Å². The van der Waals surface area contributed by atoms with Crippen molar-refractivity contribution in [1.82, 2.24) is 9.80 Å². The van der Waals surface area contributed by atoms with E-state index in [1.165, 1.54) is 14.0 Å². The van der Waals surface area contributed by atoms with Crippen molar-refractivity contribution in [2.45, 2.75) is 84.7 Å². The van der Waals surface area contributed by atoms with Crippen LogP contribution >= 0.6 is 0 Å². The van der Waals surface area contributed by atoms with E-state index in [2.05, 4.69) is 13.8 Å². The topological polar surface area (TPSA) is 99.5 Å². The second kappa shape index (κ2) is 14.0. The monoisotopic (exact) mass is 444 g/mol. The number of hydrogen-bond donors (Lipinski definition) is 2.